The zero-order valence-electron chi connectivity index (χ0n) is 8.48. The monoisotopic (exact) mass is 341 g/mol. The average Bonchev–Trinajstić information content (AvgIpc) is 2.19. The van der Waals surface area contributed by atoms with Crippen molar-refractivity contribution >= 4 is 43.5 Å². The fourth-order valence-corrected chi connectivity index (χ4v) is 1.89. The predicted octanol–water partition coefficient (Wildman–Crippen LogP) is 0.516. The molecule has 94 valence electrons. The molecule has 0 fully saturated rings. The number of primary sulfonamides is 1. The number of nitrogens with zero attached hydrogens (tertiary/aromatic N) is 1. The third-order valence-electron chi connectivity index (χ3n) is 1.72. The van der Waals surface area contributed by atoms with Gasteiger partial charge in [0.25, 0.3) is 5.91 Å². The number of pyridine rings is 1. The van der Waals surface area contributed by atoms with Crippen molar-refractivity contribution in [3.8, 4) is 0 Å². The van der Waals surface area contributed by atoms with Gasteiger partial charge in [0.1, 0.15) is 5.15 Å². The molecule has 1 rings (SSSR count). The first-order chi connectivity index (χ1) is 7.79. The quantitative estimate of drug-likeness (QED) is 0.778. The van der Waals surface area contributed by atoms with E-state index >= 15 is 0 Å². The van der Waals surface area contributed by atoms with Crippen LogP contribution in [0.25, 0.3) is 0 Å². The van der Waals surface area contributed by atoms with Crippen molar-refractivity contribution in [2.45, 2.75) is 0 Å². The van der Waals surface area contributed by atoms with Gasteiger partial charge < -0.3 is 5.32 Å². The van der Waals surface area contributed by atoms with Gasteiger partial charge in [-0.25, -0.2) is 18.5 Å². The molecule has 9 heteroatoms. The number of aromatic nitrogens is 1. The van der Waals surface area contributed by atoms with Gasteiger partial charge in [0.2, 0.25) is 10.0 Å². The van der Waals surface area contributed by atoms with Gasteiger partial charge in [-0.3, -0.25) is 4.79 Å². The van der Waals surface area contributed by atoms with Crippen LogP contribution in [0.3, 0.4) is 0 Å². The van der Waals surface area contributed by atoms with Gasteiger partial charge in [-0.1, -0.05) is 11.6 Å². The molecule has 0 aliphatic rings. The Morgan fingerprint density at radius 2 is 2.24 bits per heavy atom. The van der Waals surface area contributed by atoms with E-state index in [1.54, 1.807) is 0 Å². The predicted molar refractivity (Wildman–Crippen MR) is 67.3 cm³/mol. The molecule has 1 amide bonds. The Balaban J connectivity index is 2.67. The number of nitrogens with one attached hydrogen (secondary N) is 1. The first kappa shape index (κ1) is 14.4. The number of hydrogen-bond acceptors (Lipinski definition) is 4. The van der Waals surface area contributed by atoms with Crippen molar-refractivity contribution < 1.29 is 13.2 Å². The topological polar surface area (TPSA) is 102 Å². The lowest BCUT2D eigenvalue weighted by atomic mass is 10.3. The first-order valence-corrected chi connectivity index (χ1v) is 7.28. The molecule has 1 aromatic heterocycles. The van der Waals surface area contributed by atoms with Crippen LogP contribution in [0.5, 0.6) is 0 Å². The zero-order chi connectivity index (χ0) is 13.1. The highest BCUT2D eigenvalue weighted by Crippen LogP contribution is 2.17. The lowest BCUT2D eigenvalue weighted by molar-refractivity contribution is 0.0956. The molecule has 0 aromatic carbocycles. The maximum atomic E-state index is 11.6. The van der Waals surface area contributed by atoms with Gasteiger partial charge in [0, 0.05) is 17.2 Å². The summed E-state index contributed by atoms with van der Waals surface area (Å²) in [5.41, 5.74) is 0.162. The van der Waals surface area contributed by atoms with Gasteiger partial charge in [0.15, 0.2) is 0 Å². The van der Waals surface area contributed by atoms with Crippen LogP contribution in [0.4, 0.5) is 0 Å². The normalized spacial score (nSPS) is 11.2. The molecular weight excluding hydrogens is 334 g/mol. The van der Waals surface area contributed by atoms with Crippen molar-refractivity contribution in [3.05, 3.63) is 27.5 Å². The number of halogens is 2. The molecule has 0 atom stereocenters. The summed E-state index contributed by atoms with van der Waals surface area (Å²) in [5, 5.41) is 7.21. The van der Waals surface area contributed by atoms with Gasteiger partial charge in [-0.05, 0) is 22.0 Å². The van der Waals surface area contributed by atoms with Gasteiger partial charge in [0.05, 0.1) is 11.3 Å². The number of hydrogen-bond donors (Lipinski definition) is 2. The van der Waals surface area contributed by atoms with Gasteiger partial charge in [-0.15, -0.1) is 0 Å². The maximum Gasteiger partial charge on any atom is 0.254 e. The number of nitrogens with two attached hydrogens (primary N) is 1. The van der Waals surface area contributed by atoms with E-state index in [-0.39, 0.29) is 23.0 Å². The standard InChI is InChI=1S/C8H9BrClN3O3S/c9-5-3-6(7(10)13-4-5)8(14)12-1-2-17(11,15)16/h3-4H,1-2H2,(H,12,14)(H2,11,15,16). The Morgan fingerprint density at radius 1 is 1.59 bits per heavy atom. The molecule has 1 aromatic rings. The van der Waals surface area contributed by atoms with Crippen LogP contribution < -0.4 is 10.5 Å². The van der Waals surface area contributed by atoms with Crippen molar-refractivity contribution in [3.63, 3.8) is 0 Å². The number of amides is 1. The summed E-state index contributed by atoms with van der Waals surface area (Å²) < 4.78 is 21.9. The van der Waals surface area contributed by atoms with Gasteiger partial charge >= 0.3 is 0 Å². The van der Waals surface area contributed by atoms with E-state index in [2.05, 4.69) is 26.2 Å². The third kappa shape index (κ3) is 4.99. The van der Waals surface area contributed by atoms with E-state index in [9.17, 15) is 13.2 Å². The number of rotatable bonds is 4. The van der Waals surface area contributed by atoms with Crippen LogP contribution in [0.1, 0.15) is 10.4 Å². The summed E-state index contributed by atoms with van der Waals surface area (Å²) in [6.45, 7) is -0.0828. The minimum atomic E-state index is -3.59. The second kappa shape index (κ2) is 5.76. The van der Waals surface area contributed by atoms with Crippen LogP contribution >= 0.6 is 27.5 Å². The summed E-state index contributed by atoms with van der Waals surface area (Å²) >= 11 is 8.87. The average molecular weight is 343 g/mol. The summed E-state index contributed by atoms with van der Waals surface area (Å²) in [6.07, 6.45) is 1.45. The molecule has 0 unspecified atom stereocenters. The summed E-state index contributed by atoms with van der Waals surface area (Å²) in [7, 11) is -3.59. The van der Waals surface area contributed by atoms with Crippen LogP contribution in [-0.2, 0) is 10.0 Å². The third-order valence-corrected chi connectivity index (χ3v) is 3.23. The van der Waals surface area contributed by atoms with Gasteiger partial charge in [-0.2, -0.15) is 0 Å². The largest absolute Gasteiger partial charge is 0.351 e. The van der Waals surface area contributed by atoms with Crippen LogP contribution in [0.2, 0.25) is 5.15 Å². The minimum Gasteiger partial charge on any atom is -0.351 e. The van der Waals surface area contributed by atoms with E-state index in [0.717, 1.165) is 0 Å². The second-order valence-corrected chi connectivity index (χ2v) is 6.12. The molecule has 0 saturated heterocycles. The Hall–Kier alpha value is -0.700. The highest BCUT2D eigenvalue weighted by molar-refractivity contribution is 9.10. The zero-order valence-corrected chi connectivity index (χ0v) is 11.6. The Morgan fingerprint density at radius 3 is 2.82 bits per heavy atom. The smallest absolute Gasteiger partial charge is 0.254 e. The minimum absolute atomic E-state index is 0.0429. The van der Waals surface area contributed by atoms with Crippen molar-refractivity contribution in [2.24, 2.45) is 5.14 Å². The molecule has 0 spiro atoms. The SMILES string of the molecule is NS(=O)(=O)CCNC(=O)c1cc(Br)cnc1Cl. The number of carbonyl (C=O) groups excluding carboxylic acids is 1. The summed E-state index contributed by atoms with van der Waals surface area (Å²) in [5.74, 6) is -0.843. The molecule has 0 saturated carbocycles. The van der Waals surface area contributed by atoms with E-state index in [1.165, 1.54) is 12.3 Å². The summed E-state index contributed by atoms with van der Waals surface area (Å²) in [6, 6.07) is 1.49. The number of carbonyl (C=O) groups is 1. The lowest BCUT2D eigenvalue weighted by Crippen LogP contribution is -2.31. The van der Waals surface area contributed by atoms with Crippen molar-refractivity contribution in [1.82, 2.24) is 10.3 Å². The fraction of sp³-hybridized carbons (Fsp3) is 0.250. The van der Waals surface area contributed by atoms with Crippen molar-refractivity contribution in [2.75, 3.05) is 12.3 Å². The molecule has 1 heterocycles. The van der Waals surface area contributed by atoms with E-state index in [4.69, 9.17) is 16.7 Å². The molecule has 0 radical (unpaired) electrons. The fourth-order valence-electron chi connectivity index (χ4n) is 0.984. The Kier molecular flexibility index (Phi) is 4.87. The number of sulfonamides is 1. The van der Waals surface area contributed by atoms with E-state index in [1.807, 2.05) is 0 Å². The van der Waals surface area contributed by atoms with Crippen molar-refractivity contribution in [1.29, 1.82) is 0 Å². The van der Waals surface area contributed by atoms with Crippen LogP contribution in [0, 0.1) is 0 Å². The van der Waals surface area contributed by atoms with Crippen LogP contribution in [0.15, 0.2) is 16.7 Å². The molecule has 3 N–H and O–H groups in total. The Labute approximate surface area is 112 Å². The Bertz CT molecular complexity index is 535. The molecule has 0 aliphatic carbocycles. The molecule has 17 heavy (non-hydrogen) atoms. The maximum absolute atomic E-state index is 11.6. The highest BCUT2D eigenvalue weighted by Gasteiger charge is 2.12. The lowest BCUT2D eigenvalue weighted by Gasteiger charge is -2.05. The first-order valence-electron chi connectivity index (χ1n) is 4.39. The molecule has 0 aliphatic heterocycles. The highest BCUT2D eigenvalue weighted by atomic mass is 79.9. The molecule has 0 bridgehead atoms. The van der Waals surface area contributed by atoms with E-state index in [0.29, 0.717) is 4.47 Å². The second-order valence-electron chi connectivity index (χ2n) is 3.11. The molecular formula is C8H9BrClN3O3S. The summed E-state index contributed by atoms with van der Waals surface area (Å²) in [4.78, 5) is 15.4. The molecule has 6 nitrogen and oxygen atoms in total. The van der Waals surface area contributed by atoms with Crippen LogP contribution in [-0.4, -0.2) is 31.6 Å². The van der Waals surface area contributed by atoms with E-state index < -0.39 is 15.9 Å².